The molecule has 0 saturated carbocycles. The van der Waals surface area contributed by atoms with Crippen LogP contribution in [0.1, 0.15) is 24.8 Å². The molecule has 1 heterocycles. The van der Waals surface area contributed by atoms with Gasteiger partial charge in [-0.25, -0.2) is 0 Å². The maximum absolute atomic E-state index is 6.02. The van der Waals surface area contributed by atoms with Crippen LogP contribution in [0.2, 0.25) is 5.02 Å². The molecule has 0 aliphatic carbocycles. The molecule has 1 aliphatic heterocycles. The molecule has 0 atom stereocenters. The van der Waals surface area contributed by atoms with Gasteiger partial charge in [0.2, 0.25) is 0 Å². The van der Waals surface area contributed by atoms with E-state index in [1.165, 1.54) is 37.9 Å². The summed E-state index contributed by atoms with van der Waals surface area (Å²) in [6.45, 7) is 5.62. The van der Waals surface area contributed by atoms with Gasteiger partial charge < -0.3 is 10.2 Å². The van der Waals surface area contributed by atoms with Gasteiger partial charge in [0.05, 0.1) is 0 Å². The summed E-state index contributed by atoms with van der Waals surface area (Å²) >= 11 is 9.48. The zero-order valence-corrected chi connectivity index (χ0v) is 12.9. The van der Waals surface area contributed by atoms with Crippen molar-refractivity contribution in [3.05, 3.63) is 33.3 Å². The van der Waals surface area contributed by atoms with E-state index in [0.29, 0.717) is 0 Å². The van der Waals surface area contributed by atoms with Crippen LogP contribution in [0.15, 0.2) is 22.7 Å². The summed E-state index contributed by atoms with van der Waals surface area (Å²) in [6.07, 6.45) is 4.13. The Bertz CT molecular complexity index is 358. The Labute approximate surface area is 123 Å². The van der Waals surface area contributed by atoms with Crippen LogP contribution in [-0.2, 0) is 6.54 Å². The summed E-state index contributed by atoms with van der Waals surface area (Å²) in [7, 11) is 0. The first-order chi connectivity index (χ1) is 8.74. The van der Waals surface area contributed by atoms with Gasteiger partial charge in [-0.15, -0.1) is 0 Å². The highest BCUT2D eigenvalue weighted by atomic mass is 79.9. The van der Waals surface area contributed by atoms with Crippen molar-refractivity contribution >= 4 is 27.5 Å². The van der Waals surface area contributed by atoms with Gasteiger partial charge in [-0.3, -0.25) is 0 Å². The number of nitrogens with one attached hydrogen (secondary N) is 1. The minimum Gasteiger partial charge on any atom is -0.311 e. The largest absolute Gasteiger partial charge is 0.311 e. The van der Waals surface area contributed by atoms with Crippen molar-refractivity contribution in [3.63, 3.8) is 0 Å². The van der Waals surface area contributed by atoms with Crippen LogP contribution in [0, 0.1) is 0 Å². The Kier molecular flexibility index (Phi) is 5.96. The lowest BCUT2D eigenvalue weighted by Gasteiger charge is -2.26. The Hall–Kier alpha value is -0.0900. The van der Waals surface area contributed by atoms with E-state index in [1.54, 1.807) is 0 Å². The summed E-state index contributed by atoms with van der Waals surface area (Å²) in [5.74, 6) is 0. The lowest BCUT2D eigenvalue weighted by atomic mass is 10.1. The van der Waals surface area contributed by atoms with Crippen LogP contribution in [0.5, 0.6) is 0 Å². The Morgan fingerprint density at radius 2 is 1.94 bits per heavy atom. The van der Waals surface area contributed by atoms with Gasteiger partial charge in [-0.1, -0.05) is 34.0 Å². The molecule has 0 aromatic heterocycles. The number of hydrogen-bond acceptors (Lipinski definition) is 2. The zero-order chi connectivity index (χ0) is 12.8. The van der Waals surface area contributed by atoms with Gasteiger partial charge in [0, 0.05) is 29.1 Å². The maximum Gasteiger partial charge on any atom is 0.0420 e. The molecule has 0 unspecified atom stereocenters. The average Bonchev–Trinajstić information content (AvgIpc) is 2.35. The van der Waals surface area contributed by atoms with Crippen molar-refractivity contribution in [1.29, 1.82) is 0 Å². The summed E-state index contributed by atoms with van der Waals surface area (Å²) < 4.78 is 1.04. The zero-order valence-electron chi connectivity index (χ0n) is 10.6. The monoisotopic (exact) mass is 330 g/mol. The van der Waals surface area contributed by atoms with E-state index < -0.39 is 0 Å². The van der Waals surface area contributed by atoms with Gasteiger partial charge >= 0.3 is 0 Å². The number of nitrogens with zero attached hydrogens (tertiary/aromatic N) is 1. The van der Waals surface area contributed by atoms with Crippen LogP contribution in [0.3, 0.4) is 0 Å². The third-order valence-corrected chi connectivity index (χ3v) is 3.98. The first-order valence-electron chi connectivity index (χ1n) is 6.62. The molecule has 0 amide bonds. The van der Waals surface area contributed by atoms with Crippen molar-refractivity contribution in [2.75, 3.05) is 26.2 Å². The van der Waals surface area contributed by atoms with Gasteiger partial charge in [-0.05, 0) is 49.7 Å². The highest BCUT2D eigenvalue weighted by Crippen LogP contribution is 2.19. The molecular weight excluding hydrogens is 312 g/mol. The third-order valence-electron chi connectivity index (χ3n) is 3.30. The molecule has 0 spiro atoms. The van der Waals surface area contributed by atoms with Crippen molar-refractivity contribution in [3.8, 4) is 0 Å². The minimum atomic E-state index is 0.789. The maximum atomic E-state index is 6.02. The van der Waals surface area contributed by atoms with Gasteiger partial charge in [0.25, 0.3) is 0 Å². The second-order valence-corrected chi connectivity index (χ2v) is 6.21. The lowest BCUT2D eigenvalue weighted by molar-refractivity contribution is 0.229. The predicted molar refractivity (Wildman–Crippen MR) is 81.1 cm³/mol. The number of benzene rings is 1. The highest BCUT2D eigenvalue weighted by molar-refractivity contribution is 9.10. The van der Waals surface area contributed by atoms with Gasteiger partial charge in [0.1, 0.15) is 0 Å². The first-order valence-corrected chi connectivity index (χ1v) is 7.79. The Morgan fingerprint density at radius 3 is 2.67 bits per heavy atom. The molecule has 1 saturated heterocycles. The van der Waals surface area contributed by atoms with Crippen molar-refractivity contribution in [2.24, 2.45) is 0 Å². The molecule has 4 heteroatoms. The van der Waals surface area contributed by atoms with E-state index >= 15 is 0 Å². The third kappa shape index (κ3) is 4.88. The van der Waals surface area contributed by atoms with Gasteiger partial charge in [-0.2, -0.15) is 0 Å². The Balaban J connectivity index is 1.68. The molecule has 1 aromatic carbocycles. The highest BCUT2D eigenvalue weighted by Gasteiger charge is 2.08. The summed E-state index contributed by atoms with van der Waals surface area (Å²) in [4.78, 5) is 2.55. The van der Waals surface area contributed by atoms with Crippen molar-refractivity contribution in [2.45, 2.75) is 25.8 Å². The van der Waals surface area contributed by atoms with E-state index in [4.69, 9.17) is 11.6 Å². The summed E-state index contributed by atoms with van der Waals surface area (Å²) in [6, 6.07) is 6.04. The number of piperidine rings is 1. The van der Waals surface area contributed by atoms with Crippen molar-refractivity contribution in [1.82, 2.24) is 10.2 Å². The normalized spacial score (nSPS) is 17.0. The molecule has 0 bridgehead atoms. The smallest absolute Gasteiger partial charge is 0.0420 e. The van der Waals surface area contributed by atoms with E-state index in [1.807, 2.05) is 12.1 Å². The molecule has 2 rings (SSSR count). The van der Waals surface area contributed by atoms with Crippen LogP contribution in [-0.4, -0.2) is 31.1 Å². The molecule has 18 heavy (non-hydrogen) atoms. The molecule has 100 valence electrons. The fraction of sp³-hybridized carbons (Fsp3) is 0.571. The summed E-state index contributed by atoms with van der Waals surface area (Å²) in [5, 5.41) is 4.27. The van der Waals surface area contributed by atoms with Crippen molar-refractivity contribution < 1.29 is 0 Å². The quantitative estimate of drug-likeness (QED) is 0.828. The van der Waals surface area contributed by atoms with Crippen LogP contribution in [0.25, 0.3) is 0 Å². The van der Waals surface area contributed by atoms with Crippen LogP contribution in [0.4, 0.5) is 0 Å². The Morgan fingerprint density at radius 1 is 1.17 bits per heavy atom. The van der Waals surface area contributed by atoms with E-state index in [0.717, 1.165) is 29.1 Å². The molecule has 2 nitrogen and oxygen atoms in total. The van der Waals surface area contributed by atoms with Crippen LogP contribution >= 0.6 is 27.5 Å². The summed E-state index contributed by atoms with van der Waals surface area (Å²) in [5.41, 5.74) is 1.23. The SMILES string of the molecule is Clc1cc(Br)cc(CNCCN2CCCCC2)c1. The topological polar surface area (TPSA) is 15.3 Å². The van der Waals surface area contributed by atoms with E-state index in [2.05, 4.69) is 32.2 Å². The fourth-order valence-electron chi connectivity index (χ4n) is 2.37. The van der Waals surface area contributed by atoms with E-state index in [-0.39, 0.29) is 0 Å². The predicted octanol–water partition coefficient (Wildman–Crippen LogP) is 3.68. The standard InChI is InChI=1S/C14H20BrClN2/c15-13-8-12(9-14(16)10-13)11-17-4-7-18-5-2-1-3-6-18/h8-10,17H,1-7,11H2. The molecular formula is C14H20BrClN2. The molecule has 1 aliphatic rings. The molecule has 1 fully saturated rings. The molecule has 0 radical (unpaired) electrons. The van der Waals surface area contributed by atoms with Crippen LogP contribution < -0.4 is 5.32 Å². The first kappa shape index (κ1) is 14.3. The average molecular weight is 332 g/mol. The number of likely N-dealkylation sites (tertiary alicyclic amines) is 1. The molecule has 1 aromatic rings. The minimum absolute atomic E-state index is 0.789. The van der Waals surface area contributed by atoms with E-state index in [9.17, 15) is 0 Å². The number of halogens is 2. The number of rotatable bonds is 5. The number of hydrogen-bond donors (Lipinski definition) is 1. The molecule has 1 N–H and O–H groups in total. The second-order valence-electron chi connectivity index (χ2n) is 4.86. The fourth-order valence-corrected chi connectivity index (χ4v) is 3.30. The lowest BCUT2D eigenvalue weighted by Crippen LogP contribution is -2.35. The second kappa shape index (κ2) is 7.49. The van der Waals surface area contributed by atoms with Gasteiger partial charge in [0.15, 0.2) is 0 Å².